The molecule has 2 rings (SSSR count). The van der Waals surface area contributed by atoms with Crippen molar-refractivity contribution in [2.75, 3.05) is 27.2 Å². The van der Waals surface area contributed by atoms with Crippen LogP contribution in [0.2, 0.25) is 0 Å². The van der Waals surface area contributed by atoms with Gasteiger partial charge in [0.1, 0.15) is 0 Å². The first-order valence-electron chi connectivity index (χ1n) is 6.25. The zero-order valence-electron chi connectivity index (χ0n) is 11.0. The highest BCUT2D eigenvalue weighted by Gasteiger charge is 2.15. The van der Waals surface area contributed by atoms with Crippen LogP contribution in [-0.2, 0) is 0 Å². The van der Waals surface area contributed by atoms with Crippen molar-refractivity contribution in [1.82, 2.24) is 9.91 Å². The van der Waals surface area contributed by atoms with Crippen LogP contribution in [0.4, 0.5) is 0 Å². The summed E-state index contributed by atoms with van der Waals surface area (Å²) in [6, 6.07) is 9.26. The number of likely N-dealkylation sites (tertiary alicyclic amines) is 1. The van der Waals surface area contributed by atoms with Crippen molar-refractivity contribution < 1.29 is 4.79 Å². The van der Waals surface area contributed by atoms with E-state index >= 15 is 0 Å². The van der Waals surface area contributed by atoms with Crippen molar-refractivity contribution in [1.29, 1.82) is 0 Å². The van der Waals surface area contributed by atoms with Crippen molar-refractivity contribution in [3.8, 4) is 0 Å². The molecule has 0 bridgehead atoms. The monoisotopic (exact) mass is 245 g/mol. The summed E-state index contributed by atoms with van der Waals surface area (Å²) in [4.78, 5) is 14.4. The Morgan fingerprint density at radius 3 is 2.44 bits per heavy atom. The first kappa shape index (κ1) is 12.8. The van der Waals surface area contributed by atoms with Crippen molar-refractivity contribution in [2.24, 2.45) is 5.10 Å². The molecule has 0 radical (unpaired) electrons. The van der Waals surface area contributed by atoms with E-state index in [1.165, 1.54) is 5.01 Å². The number of nitrogens with zero attached hydrogens (tertiary/aromatic N) is 3. The highest BCUT2D eigenvalue weighted by molar-refractivity contribution is 5.95. The molecular weight excluding hydrogens is 226 g/mol. The normalized spacial score (nSPS) is 16.4. The van der Waals surface area contributed by atoms with Gasteiger partial charge in [0.2, 0.25) is 0 Å². The lowest BCUT2D eigenvalue weighted by atomic mass is 10.1. The zero-order valence-corrected chi connectivity index (χ0v) is 11.0. The van der Waals surface area contributed by atoms with Crippen LogP contribution in [-0.4, -0.2) is 48.7 Å². The molecule has 0 saturated carbocycles. The van der Waals surface area contributed by atoms with Crippen LogP contribution in [0, 0.1) is 0 Å². The lowest BCUT2D eigenvalue weighted by Crippen LogP contribution is -2.32. The van der Waals surface area contributed by atoms with E-state index in [2.05, 4.69) is 17.0 Å². The molecule has 1 fully saturated rings. The van der Waals surface area contributed by atoms with E-state index in [9.17, 15) is 4.79 Å². The number of amides is 1. The summed E-state index contributed by atoms with van der Waals surface area (Å²) in [5.41, 5.74) is 1.79. The van der Waals surface area contributed by atoms with E-state index < -0.39 is 0 Å². The van der Waals surface area contributed by atoms with E-state index in [0.29, 0.717) is 5.56 Å². The van der Waals surface area contributed by atoms with Gasteiger partial charge in [0.15, 0.2) is 0 Å². The molecule has 0 spiro atoms. The Labute approximate surface area is 108 Å². The minimum absolute atomic E-state index is 0.0537. The van der Waals surface area contributed by atoms with Gasteiger partial charge in [-0.15, -0.1) is 0 Å². The molecule has 4 heteroatoms. The number of hydrogen-bond acceptors (Lipinski definition) is 3. The second-order valence-corrected chi connectivity index (χ2v) is 4.66. The van der Waals surface area contributed by atoms with E-state index in [1.54, 1.807) is 7.05 Å². The molecule has 1 saturated heterocycles. The Morgan fingerprint density at radius 2 is 1.83 bits per heavy atom. The van der Waals surface area contributed by atoms with E-state index in [-0.39, 0.29) is 5.91 Å². The summed E-state index contributed by atoms with van der Waals surface area (Å²) in [5.74, 6) is -0.0537. The largest absolute Gasteiger partial charge is 0.306 e. The quantitative estimate of drug-likeness (QED) is 0.745. The number of rotatable bonds is 2. The molecule has 0 N–H and O–H groups in total. The average molecular weight is 245 g/mol. The van der Waals surface area contributed by atoms with Gasteiger partial charge in [-0.1, -0.05) is 18.2 Å². The van der Waals surface area contributed by atoms with Crippen LogP contribution >= 0.6 is 0 Å². The van der Waals surface area contributed by atoms with Crippen LogP contribution < -0.4 is 0 Å². The van der Waals surface area contributed by atoms with Gasteiger partial charge in [-0.2, -0.15) is 5.10 Å². The molecule has 1 heterocycles. The molecule has 1 amide bonds. The molecule has 0 aliphatic carbocycles. The maximum absolute atomic E-state index is 12.1. The lowest BCUT2D eigenvalue weighted by molar-refractivity contribution is 0.0798. The van der Waals surface area contributed by atoms with E-state index in [0.717, 1.165) is 31.6 Å². The number of benzene rings is 1. The molecule has 18 heavy (non-hydrogen) atoms. The van der Waals surface area contributed by atoms with Crippen LogP contribution in [0.15, 0.2) is 35.4 Å². The minimum Gasteiger partial charge on any atom is -0.306 e. The third kappa shape index (κ3) is 3.17. The Bertz CT molecular complexity index is 432. The van der Waals surface area contributed by atoms with Crippen LogP contribution in [0.3, 0.4) is 0 Å². The predicted molar refractivity (Wildman–Crippen MR) is 72.7 cm³/mol. The van der Waals surface area contributed by atoms with Gasteiger partial charge in [-0.3, -0.25) is 4.79 Å². The third-order valence-electron chi connectivity index (χ3n) is 3.17. The fraction of sp³-hybridized carbons (Fsp3) is 0.429. The fourth-order valence-electron chi connectivity index (χ4n) is 2.00. The SMILES string of the molecule is CN1CCC(=NN(C)C(=O)c2ccccc2)CC1. The summed E-state index contributed by atoms with van der Waals surface area (Å²) in [6.07, 6.45) is 1.89. The maximum Gasteiger partial charge on any atom is 0.273 e. The van der Waals surface area contributed by atoms with Gasteiger partial charge >= 0.3 is 0 Å². The van der Waals surface area contributed by atoms with Crippen LogP contribution in [0.5, 0.6) is 0 Å². The summed E-state index contributed by atoms with van der Waals surface area (Å²) < 4.78 is 0. The summed E-state index contributed by atoms with van der Waals surface area (Å²) in [5, 5.41) is 5.87. The van der Waals surface area contributed by atoms with Gasteiger partial charge in [-0.05, 0) is 19.2 Å². The van der Waals surface area contributed by atoms with Gasteiger partial charge in [0.05, 0.1) is 0 Å². The van der Waals surface area contributed by atoms with Crippen molar-refractivity contribution >= 4 is 11.6 Å². The Kier molecular flexibility index (Phi) is 4.10. The molecule has 96 valence electrons. The smallest absolute Gasteiger partial charge is 0.273 e. The number of piperidine rings is 1. The number of hydrogen-bond donors (Lipinski definition) is 0. The van der Waals surface area contributed by atoms with Crippen LogP contribution in [0.1, 0.15) is 23.2 Å². The first-order chi connectivity index (χ1) is 8.66. The Balaban J connectivity index is 2.01. The molecule has 0 atom stereocenters. The maximum atomic E-state index is 12.1. The summed E-state index contributed by atoms with van der Waals surface area (Å²) in [6.45, 7) is 2.04. The van der Waals surface area contributed by atoms with Gasteiger partial charge in [0, 0.05) is 44.3 Å². The zero-order chi connectivity index (χ0) is 13.0. The lowest BCUT2D eigenvalue weighted by Gasteiger charge is -2.24. The van der Waals surface area contributed by atoms with Crippen molar-refractivity contribution in [3.05, 3.63) is 35.9 Å². The van der Waals surface area contributed by atoms with E-state index in [4.69, 9.17) is 0 Å². The number of hydrazone groups is 1. The average Bonchev–Trinajstić information content (AvgIpc) is 2.41. The second kappa shape index (κ2) is 5.78. The third-order valence-corrected chi connectivity index (χ3v) is 3.17. The summed E-state index contributed by atoms with van der Waals surface area (Å²) >= 11 is 0. The molecule has 1 aromatic carbocycles. The number of carbonyl (C=O) groups excluding carboxylic acids is 1. The molecule has 4 nitrogen and oxygen atoms in total. The minimum atomic E-state index is -0.0537. The molecule has 1 aliphatic rings. The molecule has 1 aliphatic heterocycles. The standard InChI is InChI=1S/C14H19N3O/c1-16-10-8-13(9-11-16)15-17(2)14(18)12-6-4-3-5-7-12/h3-7H,8-11H2,1-2H3. The first-order valence-corrected chi connectivity index (χ1v) is 6.25. The Morgan fingerprint density at radius 1 is 1.22 bits per heavy atom. The molecule has 0 unspecified atom stereocenters. The predicted octanol–water partition coefficient (Wildman–Crippen LogP) is 1.84. The van der Waals surface area contributed by atoms with Gasteiger partial charge in [-0.25, -0.2) is 5.01 Å². The topological polar surface area (TPSA) is 35.9 Å². The highest BCUT2D eigenvalue weighted by Crippen LogP contribution is 2.08. The Hall–Kier alpha value is -1.68. The van der Waals surface area contributed by atoms with Crippen molar-refractivity contribution in [2.45, 2.75) is 12.8 Å². The number of carbonyl (C=O) groups is 1. The van der Waals surface area contributed by atoms with Crippen molar-refractivity contribution in [3.63, 3.8) is 0 Å². The summed E-state index contributed by atoms with van der Waals surface area (Å²) in [7, 11) is 3.83. The van der Waals surface area contributed by atoms with E-state index in [1.807, 2.05) is 30.3 Å². The van der Waals surface area contributed by atoms with Gasteiger partial charge < -0.3 is 4.90 Å². The second-order valence-electron chi connectivity index (χ2n) is 4.66. The van der Waals surface area contributed by atoms with Gasteiger partial charge in [0.25, 0.3) is 5.91 Å². The highest BCUT2D eigenvalue weighted by atomic mass is 16.2. The molecular formula is C14H19N3O. The molecule has 0 aromatic heterocycles. The van der Waals surface area contributed by atoms with Crippen LogP contribution in [0.25, 0.3) is 0 Å². The fourth-order valence-corrected chi connectivity index (χ4v) is 2.00. The molecule has 1 aromatic rings.